The quantitative estimate of drug-likeness (QED) is 0.522. The van der Waals surface area contributed by atoms with E-state index in [0.717, 1.165) is 19.7 Å². The highest BCUT2D eigenvalue weighted by atomic mass is 16.5. The molecule has 19 heavy (non-hydrogen) atoms. The monoisotopic (exact) mass is 264 g/mol. The molecule has 3 heterocycles. The minimum atomic E-state index is 0.214. The molecule has 0 spiro atoms. The summed E-state index contributed by atoms with van der Waals surface area (Å²) in [6.45, 7) is 3.80. The van der Waals surface area contributed by atoms with Crippen LogP contribution in [-0.2, 0) is 4.74 Å². The molecule has 1 aromatic heterocycles. The molecule has 0 aliphatic carbocycles. The van der Waals surface area contributed by atoms with E-state index >= 15 is 0 Å². The van der Waals surface area contributed by atoms with Gasteiger partial charge in [0.05, 0.1) is 25.1 Å². The van der Waals surface area contributed by atoms with E-state index in [4.69, 9.17) is 10.6 Å². The van der Waals surface area contributed by atoms with Crippen molar-refractivity contribution in [3.63, 3.8) is 0 Å². The molecule has 2 atom stereocenters. The number of rotatable bonds is 4. The van der Waals surface area contributed by atoms with Crippen molar-refractivity contribution in [2.45, 2.75) is 25.0 Å². The van der Waals surface area contributed by atoms with E-state index in [0.29, 0.717) is 17.7 Å². The van der Waals surface area contributed by atoms with E-state index in [1.165, 1.54) is 19.4 Å². The number of hydrazine groups is 1. The number of nitrogens with one attached hydrogen (secondary N) is 2. The molecule has 2 saturated heterocycles. The van der Waals surface area contributed by atoms with Crippen LogP contribution in [0.2, 0.25) is 0 Å². The number of hydrogen-bond acceptors (Lipinski definition) is 7. The molecule has 0 saturated carbocycles. The highest BCUT2D eigenvalue weighted by Crippen LogP contribution is 2.22. The SMILES string of the molecule is NNc1cncc(NCC2CN3CCCC3CO2)n1. The van der Waals surface area contributed by atoms with Gasteiger partial charge < -0.3 is 15.5 Å². The number of anilines is 2. The lowest BCUT2D eigenvalue weighted by Gasteiger charge is -2.35. The average molecular weight is 264 g/mol. The van der Waals surface area contributed by atoms with E-state index < -0.39 is 0 Å². The molecule has 7 heteroatoms. The maximum atomic E-state index is 5.88. The number of aromatic nitrogens is 2. The Kier molecular flexibility index (Phi) is 3.77. The summed E-state index contributed by atoms with van der Waals surface area (Å²) in [7, 11) is 0. The lowest BCUT2D eigenvalue weighted by molar-refractivity contribution is -0.0416. The van der Waals surface area contributed by atoms with Crippen molar-refractivity contribution in [1.29, 1.82) is 0 Å². The van der Waals surface area contributed by atoms with E-state index in [1.54, 1.807) is 12.4 Å². The molecule has 0 bridgehead atoms. The summed E-state index contributed by atoms with van der Waals surface area (Å²) in [6, 6.07) is 0.640. The van der Waals surface area contributed by atoms with Gasteiger partial charge >= 0.3 is 0 Å². The summed E-state index contributed by atoms with van der Waals surface area (Å²) >= 11 is 0. The zero-order valence-corrected chi connectivity index (χ0v) is 10.9. The zero-order valence-electron chi connectivity index (χ0n) is 10.9. The Hall–Kier alpha value is -1.44. The van der Waals surface area contributed by atoms with Gasteiger partial charge in [-0.2, -0.15) is 0 Å². The Morgan fingerprint density at radius 2 is 2.32 bits per heavy atom. The van der Waals surface area contributed by atoms with Crippen LogP contribution < -0.4 is 16.6 Å². The molecule has 3 rings (SSSR count). The first-order chi connectivity index (χ1) is 9.35. The molecule has 7 nitrogen and oxygen atoms in total. The molecule has 2 unspecified atom stereocenters. The van der Waals surface area contributed by atoms with Crippen molar-refractivity contribution < 1.29 is 4.74 Å². The van der Waals surface area contributed by atoms with E-state index in [2.05, 4.69) is 25.6 Å². The third kappa shape index (κ3) is 2.94. The van der Waals surface area contributed by atoms with Crippen LogP contribution in [0.3, 0.4) is 0 Å². The Labute approximate surface area is 112 Å². The summed E-state index contributed by atoms with van der Waals surface area (Å²) in [5, 5.41) is 3.25. The second kappa shape index (κ2) is 5.68. The molecular weight excluding hydrogens is 244 g/mol. The van der Waals surface area contributed by atoms with Crippen LogP contribution >= 0.6 is 0 Å². The van der Waals surface area contributed by atoms with Gasteiger partial charge in [-0.1, -0.05) is 0 Å². The topological polar surface area (TPSA) is 88.3 Å². The number of fused-ring (bicyclic) bond motifs is 1. The molecule has 0 radical (unpaired) electrons. The predicted octanol–water partition coefficient (Wildman–Crippen LogP) is 0.0373. The molecule has 0 aromatic carbocycles. The Morgan fingerprint density at radius 1 is 1.42 bits per heavy atom. The van der Waals surface area contributed by atoms with E-state index in [1.807, 2.05) is 0 Å². The molecule has 1 aromatic rings. The second-order valence-corrected chi connectivity index (χ2v) is 5.06. The number of nitrogen functional groups attached to an aromatic ring is 1. The van der Waals surface area contributed by atoms with Crippen LogP contribution in [0.25, 0.3) is 0 Å². The maximum absolute atomic E-state index is 5.88. The predicted molar refractivity (Wildman–Crippen MR) is 72.7 cm³/mol. The van der Waals surface area contributed by atoms with Crippen molar-refractivity contribution in [2.75, 3.05) is 37.0 Å². The minimum Gasteiger partial charge on any atom is -0.373 e. The van der Waals surface area contributed by atoms with Crippen molar-refractivity contribution in [2.24, 2.45) is 5.84 Å². The summed E-state index contributed by atoms with van der Waals surface area (Å²) in [6.07, 6.45) is 6.05. The third-order valence-electron chi connectivity index (χ3n) is 3.75. The van der Waals surface area contributed by atoms with Gasteiger partial charge in [0.15, 0.2) is 5.82 Å². The van der Waals surface area contributed by atoms with Gasteiger partial charge in [-0.25, -0.2) is 10.8 Å². The van der Waals surface area contributed by atoms with Crippen LogP contribution in [0.4, 0.5) is 11.6 Å². The fourth-order valence-corrected chi connectivity index (χ4v) is 2.75. The maximum Gasteiger partial charge on any atom is 0.160 e. The van der Waals surface area contributed by atoms with E-state index in [9.17, 15) is 0 Å². The first-order valence-corrected chi connectivity index (χ1v) is 6.73. The summed E-state index contributed by atoms with van der Waals surface area (Å²) < 4.78 is 5.88. The van der Waals surface area contributed by atoms with Crippen LogP contribution in [0.5, 0.6) is 0 Å². The fourth-order valence-electron chi connectivity index (χ4n) is 2.75. The number of nitrogens with zero attached hydrogens (tertiary/aromatic N) is 3. The van der Waals surface area contributed by atoms with Gasteiger partial charge in [-0.15, -0.1) is 0 Å². The molecule has 0 amide bonds. The van der Waals surface area contributed by atoms with Gasteiger partial charge in [0.1, 0.15) is 5.82 Å². The van der Waals surface area contributed by atoms with Crippen LogP contribution in [0.1, 0.15) is 12.8 Å². The van der Waals surface area contributed by atoms with Crippen molar-refractivity contribution in [1.82, 2.24) is 14.9 Å². The lowest BCUT2D eigenvalue weighted by atomic mass is 10.2. The number of hydrogen-bond donors (Lipinski definition) is 3. The van der Waals surface area contributed by atoms with Gasteiger partial charge in [0.25, 0.3) is 0 Å². The summed E-state index contributed by atoms with van der Waals surface area (Å²) in [5.74, 6) is 6.57. The molecule has 2 fully saturated rings. The van der Waals surface area contributed by atoms with Gasteiger partial charge in [-0.05, 0) is 19.4 Å². The van der Waals surface area contributed by atoms with E-state index in [-0.39, 0.29) is 6.10 Å². The Bertz CT molecular complexity index is 428. The largest absolute Gasteiger partial charge is 0.373 e. The second-order valence-electron chi connectivity index (χ2n) is 5.06. The van der Waals surface area contributed by atoms with Crippen LogP contribution in [0.15, 0.2) is 12.4 Å². The van der Waals surface area contributed by atoms with Crippen LogP contribution in [-0.4, -0.2) is 53.3 Å². The minimum absolute atomic E-state index is 0.214. The molecule has 2 aliphatic rings. The normalized spacial score (nSPS) is 27.0. The average Bonchev–Trinajstić information content (AvgIpc) is 2.93. The zero-order chi connectivity index (χ0) is 13.1. The van der Waals surface area contributed by atoms with Gasteiger partial charge in [0.2, 0.25) is 0 Å². The molecule has 104 valence electrons. The lowest BCUT2D eigenvalue weighted by Crippen LogP contribution is -2.48. The van der Waals surface area contributed by atoms with Gasteiger partial charge in [-0.3, -0.25) is 9.88 Å². The number of ether oxygens (including phenoxy) is 1. The summed E-state index contributed by atoms with van der Waals surface area (Å²) in [5.41, 5.74) is 2.48. The smallest absolute Gasteiger partial charge is 0.160 e. The first-order valence-electron chi connectivity index (χ1n) is 6.73. The van der Waals surface area contributed by atoms with Crippen molar-refractivity contribution >= 4 is 11.6 Å². The Balaban J connectivity index is 1.51. The third-order valence-corrected chi connectivity index (χ3v) is 3.75. The highest BCUT2D eigenvalue weighted by Gasteiger charge is 2.31. The van der Waals surface area contributed by atoms with Gasteiger partial charge in [0, 0.05) is 19.1 Å². The van der Waals surface area contributed by atoms with Crippen molar-refractivity contribution in [3.8, 4) is 0 Å². The number of morpholine rings is 1. The number of nitrogens with two attached hydrogens (primary N) is 1. The Morgan fingerprint density at radius 3 is 3.21 bits per heavy atom. The standard InChI is InChI=1S/C12H20N6O/c13-17-12-6-14-5-11(16-12)15-4-10-7-18-3-1-2-9(18)8-19-10/h5-6,9-10H,1-4,7-8,13H2,(H2,15,16,17). The van der Waals surface area contributed by atoms with Crippen molar-refractivity contribution in [3.05, 3.63) is 12.4 Å². The first kappa shape index (κ1) is 12.6. The van der Waals surface area contributed by atoms with Crippen LogP contribution in [0, 0.1) is 0 Å². The molecular formula is C12H20N6O. The molecule has 2 aliphatic heterocycles. The summed E-state index contributed by atoms with van der Waals surface area (Å²) in [4.78, 5) is 10.8. The molecule has 4 N–H and O–H groups in total. The fraction of sp³-hybridized carbons (Fsp3) is 0.667. The highest BCUT2D eigenvalue weighted by molar-refractivity contribution is 5.40.